The van der Waals surface area contributed by atoms with Crippen molar-refractivity contribution in [2.24, 2.45) is 0 Å². The Hall–Kier alpha value is -0.920. The summed E-state index contributed by atoms with van der Waals surface area (Å²) in [6.07, 6.45) is -5.92. The van der Waals surface area contributed by atoms with Crippen LogP contribution < -0.4 is 5.32 Å². The average Bonchev–Trinajstić information content (AvgIpc) is 2.01. The van der Waals surface area contributed by atoms with Crippen LogP contribution in [0.4, 0.5) is 22.0 Å². The van der Waals surface area contributed by atoms with E-state index in [2.05, 4.69) is 0 Å². The van der Waals surface area contributed by atoms with Gasteiger partial charge in [0.15, 0.2) is 0 Å². The van der Waals surface area contributed by atoms with Gasteiger partial charge in [-0.05, 0) is 6.92 Å². The topological polar surface area (TPSA) is 49.3 Å². The molecule has 0 radical (unpaired) electrons. The molecule has 0 spiro atoms. The van der Waals surface area contributed by atoms with E-state index in [1.54, 1.807) is 0 Å². The van der Waals surface area contributed by atoms with E-state index in [-0.39, 0.29) is 0 Å². The van der Waals surface area contributed by atoms with Crippen LogP contribution >= 0.6 is 0 Å². The number of carbonyl (C=O) groups excluding carboxylic acids is 1. The molecule has 14 heavy (non-hydrogen) atoms. The van der Waals surface area contributed by atoms with Gasteiger partial charge in [-0.2, -0.15) is 22.0 Å². The molecule has 0 rings (SSSR count). The second kappa shape index (κ2) is 4.07. The maximum absolute atomic E-state index is 12.2. The fraction of sp³-hybridized carbons (Fsp3) is 0.833. The Morgan fingerprint density at radius 2 is 1.79 bits per heavy atom. The number of rotatable bonds is 3. The molecule has 2 N–H and O–H groups in total. The number of amides is 1. The Balaban J connectivity index is 4.53. The summed E-state index contributed by atoms with van der Waals surface area (Å²) in [6.45, 7) is 0.365. The molecule has 8 heteroatoms. The van der Waals surface area contributed by atoms with Gasteiger partial charge < -0.3 is 10.4 Å². The van der Waals surface area contributed by atoms with E-state index < -0.39 is 30.7 Å². The van der Waals surface area contributed by atoms with Crippen LogP contribution in [0.2, 0.25) is 0 Å². The number of halogens is 5. The third kappa shape index (κ3) is 2.79. The highest BCUT2D eigenvalue weighted by molar-refractivity contribution is 5.84. The zero-order chi connectivity index (χ0) is 11.6. The summed E-state index contributed by atoms with van der Waals surface area (Å²) < 4.78 is 59.1. The van der Waals surface area contributed by atoms with Gasteiger partial charge in [0.2, 0.25) is 0 Å². The summed E-state index contributed by atoms with van der Waals surface area (Å²) >= 11 is 0. The molecule has 1 atom stereocenters. The SMILES string of the molecule is C[C@H](CO)NC(=O)C(F)(F)C(F)(F)F. The molecule has 0 saturated carbocycles. The first-order valence-electron chi connectivity index (χ1n) is 3.49. The summed E-state index contributed by atoms with van der Waals surface area (Å²) in [6, 6.07) is -1.16. The smallest absolute Gasteiger partial charge is 0.394 e. The lowest BCUT2D eigenvalue weighted by molar-refractivity contribution is -0.270. The Labute approximate surface area is 75.9 Å². The molecule has 0 aromatic carbocycles. The van der Waals surface area contributed by atoms with Crippen molar-refractivity contribution in [2.75, 3.05) is 6.61 Å². The molecular formula is C6H8F5NO2. The van der Waals surface area contributed by atoms with Crippen LogP contribution in [0.25, 0.3) is 0 Å². The second-order valence-corrected chi connectivity index (χ2v) is 2.63. The summed E-state index contributed by atoms with van der Waals surface area (Å²) in [5.74, 6) is -7.90. The normalized spacial score (nSPS) is 15.1. The number of hydrogen-bond acceptors (Lipinski definition) is 2. The predicted octanol–water partition coefficient (Wildman–Crippen LogP) is 0.681. The first kappa shape index (κ1) is 13.1. The van der Waals surface area contributed by atoms with Crippen molar-refractivity contribution in [3.63, 3.8) is 0 Å². The molecule has 0 aromatic rings. The Morgan fingerprint density at radius 1 is 1.36 bits per heavy atom. The quantitative estimate of drug-likeness (QED) is 0.688. The number of aliphatic hydroxyl groups excluding tert-OH is 1. The fourth-order valence-electron chi connectivity index (χ4n) is 0.489. The van der Waals surface area contributed by atoms with Crippen molar-refractivity contribution >= 4 is 5.91 Å². The van der Waals surface area contributed by atoms with Crippen molar-refractivity contribution in [1.82, 2.24) is 5.32 Å². The first-order chi connectivity index (χ1) is 6.13. The van der Waals surface area contributed by atoms with Gasteiger partial charge in [0.1, 0.15) is 0 Å². The Bertz CT molecular complexity index is 215. The summed E-state index contributed by atoms with van der Waals surface area (Å²) in [5, 5.41) is 9.63. The van der Waals surface area contributed by atoms with E-state index in [9.17, 15) is 26.7 Å². The molecule has 0 bridgehead atoms. The zero-order valence-corrected chi connectivity index (χ0v) is 7.03. The van der Waals surface area contributed by atoms with Gasteiger partial charge in [-0.15, -0.1) is 0 Å². The van der Waals surface area contributed by atoms with Gasteiger partial charge in [0.05, 0.1) is 6.61 Å². The second-order valence-electron chi connectivity index (χ2n) is 2.63. The molecule has 0 aliphatic rings. The van der Waals surface area contributed by atoms with Crippen molar-refractivity contribution < 1.29 is 31.9 Å². The van der Waals surface area contributed by atoms with E-state index in [4.69, 9.17) is 5.11 Å². The molecular weight excluding hydrogens is 213 g/mol. The summed E-state index contributed by atoms with van der Waals surface area (Å²) in [7, 11) is 0. The minimum Gasteiger partial charge on any atom is -0.394 e. The molecule has 0 fully saturated rings. The van der Waals surface area contributed by atoms with Crippen molar-refractivity contribution in [1.29, 1.82) is 0 Å². The molecule has 0 saturated heterocycles. The van der Waals surface area contributed by atoms with Gasteiger partial charge in [-0.3, -0.25) is 4.79 Å². The third-order valence-electron chi connectivity index (χ3n) is 1.29. The summed E-state index contributed by atoms with van der Waals surface area (Å²) in [5.41, 5.74) is 0. The maximum atomic E-state index is 12.2. The van der Waals surface area contributed by atoms with Crippen LogP contribution in [0.15, 0.2) is 0 Å². The highest BCUT2D eigenvalue weighted by Gasteiger charge is 2.63. The average molecular weight is 221 g/mol. The summed E-state index contributed by atoms with van der Waals surface area (Å²) in [4.78, 5) is 10.4. The van der Waals surface area contributed by atoms with Gasteiger partial charge >= 0.3 is 18.0 Å². The monoisotopic (exact) mass is 221 g/mol. The molecule has 0 aliphatic heterocycles. The van der Waals surface area contributed by atoms with Crippen LogP contribution in [-0.2, 0) is 4.79 Å². The minimum atomic E-state index is -5.92. The van der Waals surface area contributed by atoms with E-state index in [1.807, 2.05) is 0 Å². The van der Waals surface area contributed by atoms with Gasteiger partial charge in [-0.1, -0.05) is 0 Å². The number of carbonyl (C=O) groups is 1. The largest absolute Gasteiger partial charge is 0.463 e. The molecule has 0 unspecified atom stereocenters. The lowest BCUT2D eigenvalue weighted by atomic mass is 10.2. The number of aliphatic hydroxyl groups is 1. The molecule has 3 nitrogen and oxygen atoms in total. The molecule has 1 amide bonds. The number of hydrogen-bond donors (Lipinski definition) is 2. The van der Waals surface area contributed by atoms with E-state index in [1.165, 1.54) is 5.32 Å². The van der Waals surface area contributed by atoms with Gasteiger partial charge in [0.25, 0.3) is 0 Å². The molecule has 84 valence electrons. The predicted molar refractivity (Wildman–Crippen MR) is 35.7 cm³/mol. The lowest BCUT2D eigenvalue weighted by Crippen LogP contribution is -2.53. The van der Waals surface area contributed by atoms with Crippen LogP contribution in [0, 0.1) is 0 Å². The Morgan fingerprint density at radius 3 is 2.07 bits per heavy atom. The van der Waals surface area contributed by atoms with Crippen LogP contribution in [-0.4, -0.2) is 35.8 Å². The highest BCUT2D eigenvalue weighted by atomic mass is 19.4. The van der Waals surface area contributed by atoms with E-state index in [0.717, 1.165) is 6.92 Å². The lowest BCUT2D eigenvalue weighted by Gasteiger charge is -2.20. The van der Waals surface area contributed by atoms with Crippen LogP contribution in [0.1, 0.15) is 6.92 Å². The maximum Gasteiger partial charge on any atom is 0.463 e. The van der Waals surface area contributed by atoms with Crippen molar-refractivity contribution in [2.45, 2.75) is 25.1 Å². The third-order valence-corrected chi connectivity index (χ3v) is 1.29. The standard InChI is InChI=1S/C6H8F5NO2/c1-3(2-13)12-4(14)5(7,8)6(9,10)11/h3,13H,2H2,1H3,(H,12,14)/t3-/m1/s1. The number of alkyl halides is 5. The van der Waals surface area contributed by atoms with Crippen LogP contribution in [0.3, 0.4) is 0 Å². The first-order valence-corrected chi connectivity index (χ1v) is 3.49. The van der Waals surface area contributed by atoms with Crippen molar-refractivity contribution in [3.8, 4) is 0 Å². The Kier molecular flexibility index (Phi) is 3.81. The van der Waals surface area contributed by atoms with E-state index in [0.29, 0.717) is 0 Å². The molecule has 0 aliphatic carbocycles. The van der Waals surface area contributed by atoms with Crippen LogP contribution in [0.5, 0.6) is 0 Å². The van der Waals surface area contributed by atoms with Crippen molar-refractivity contribution in [3.05, 3.63) is 0 Å². The highest BCUT2D eigenvalue weighted by Crippen LogP contribution is 2.35. The van der Waals surface area contributed by atoms with Gasteiger partial charge in [0, 0.05) is 6.04 Å². The van der Waals surface area contributed by atoms with E-state index >= 15 is 0 Å². The van der Waals surface area contributed by atoms with Gasteiger partial charge in [-0.25, -0.2) is 0 Å². The minimum absolute atomic E-state index is 0.723. The molecule has 0 heterocycles. The number of nitrogens with one attached hydrogen (secondary N) is 1. The zero-order valence-electron chi connectivity index (χ0n) is 7.03. The fourth-order valence-corrected chi connectivity index (χ4v) is 0.489. The molecule has 0 aromatic heterocycles.